The topological polar surface area (TPSA) is 51.0 Å². The zero-order chi connectivity index (χ0) is 18.7. The molecule has 26 heavy (non-hydrogen) atoms. The van der Waals surface area contributed by atoms with Gasteiger partial charge in [0, 0.05) is 32.5 Å². The molecule has 0 unspecified atom stereocenters. The molecule has 3 rings (SSSR count). The molecule has 0 aliphatic heterocycles. The molecule has 0 radical (unpaired) electrons. The molecule has 1 aromatic heterocycles. The molecule has 7 heteroatoms. The highest BCUT2D eigenvalue weighted by Gasteiger charge is 2.14. The summed E-state index contributed by atoms with van der Waals surface area (Å²) >= 11 is 1.51. The Bertz CT molecular complexity index is 922. The third kappa shape index (κ3) is 3.77. The second kappa shape index (κ2) is 7.70. The molecule has 1 heterocycles. The van der Waals surface area contributed by atoms with Gasteiger partial charge >= 0.3 is 0 Å². The highest BCUT2D eigenvalue weighted by atomic mass is 32.2. The third-order valence-electron chi connectivity index (χ3n) is 3.92. The minimum absolute atomic E-state index is 0.0213. The molecule has 134 valence electrons. The SMILES string of the molecule is CN(C)C(=O)c1ccc(CSc2nnc(-c3ccccc3F)n2C)cc1. The van der Waals surface area contributed by atoms with Gasteiger partial charge in [-0.1, -0.05) is 36.0 Å². The first-order valence-corrected chi connectivity index (χ1v) is 9.03. The maximum Gasteiger partial charge on any atom is 0.253 e. The number of thioether (sulfide) groups is 1. The molecule has 5 nitrogen and oxygen atoms in total. The number of carbonyl (C=O) groups is 1. The number of carbonyl (C=O) groups excluding carboxylic acids is 1. The largest absolute Gasteiger partial charge is 0.345 e. The van der Waals surface area contributed by atoms with Crippen molar-refractivity contribution in [2.45, 2.75) is 10.9 Å². The molecule has 0 aliphatic rings. The van der Waals surface area contributed by atoms with E-state index in [0.29, 0.717) is 27.9 Å². The predicted molar refractivity (Wildman–Crippen MR) is 100 cm³/mol. The summed E-state index contributed by atoms with van der Waals surface area (Å²) in [6.07, 6.45) is 0. The molecule has 1 amide bonds. The smallest absolute Gasteiger partial charge is 0.253 e. The van der Waals surface area contributed by atoms with Gasteiger partial charge in [0.05, 0.1) is 5.56 Å². The van der Waals surface area contributed by atoms with Crippen LogP contribution in [0.5, 0.6) is 0 Å². The van der Waals surface area contributed by atoms with E-state index in [0.717, 1.165) is 5.56 Å². The number of benzene rings is 2. The molecule has 0 saturated carbocycles. The van der Waals surface area contributed by atoms with Gasteiger partial charge in [-0.05, 0) is 29.8 Å². The molecule has 0 saturated heterocycles. The van der Waals surface area contributed by atoms with Crippen LogP contribution >= 0.6 is 11.8 Å². The van der Waals surface area contributed by atoms with E-state index in [1.807, 2.05) is 31.3 Å². The number of hydrogen-bond donors (Lipinski definition) is 0. The fraction of sp³-hybridized carbons (Fsp3) is 0.211. The van der Waals surface area contributed by atoms with E-state index in [1.54, 1.807) is 41.8 Å². The Hall–Kier alpha value is -2.67. The molecule has 0 fully saturated rings. The van der Waals surface area contributed by atoms with E-state index in [4.69, 9.17) is 0 Å². The number of aromatic nitrogens is 3. The van der Waals surface area contributed by atoms with Crippen molar-refractivity contribution >= 4 is 17.7 Å². The predicted octanol–water partition coefficient (Wildman–Crippen LogP) is 3.62. The second-order valence-electron chi connectivity index (χ2n) is 6.03. The summed E-state index contributed by atoms with van der Waals surface area (Å²) in [7, 11) is 5.28. The lowest BCUT2D eigenvalue weighted by molar-refractivity contribution is 0.0827. The second-order valence-corrected chi connectivity index (χ2v) is 6.97. The van der Waals surface area contributed by atoms with E-state index < -0.39 is 0 Å². The van der Waals surface area contributed by atoms with E-state index in [1.165, 1.54) is 17.8 Å². The molecule has 3 aromatic rings. The fourth-order valence-corrected chi connectivity index (χ4v) is 3.33. The third-order valence-corrected chi connectivity index (χ3v) is 5.02. The summed E-state index contributed by atoms with van der Waals surface area (Å²) in [5, 5.41) is 8.99. The van der Waals surface area contributed by atoms with Crippen molar-refractivity contribution in [2.75, 3.05) is 14.1 Å². The van der Waals surface area contributed by atoms with Gasteiger partial charge in [-0.25, -0.2) is 4.39 Å². The van der Waals surface area contributed by atoms with Gasteiger partial charge in [0.2, 0.25) is 0 Å². The van der Waals surface area contributed by atoms with Crippen molar-refractivity contribution in [2.24, 2.45) is 7.05 Å². The monoisotopic (exact) mass is 370 g/mol. The van der Waals surface area contributed by atoms with E-state index in [2.05, 4.69) is 10.2 Å². The van der Waals surface area contributed by atoms with Gasteiger partial charge in [0.15, 0.2) is 11.0 Å². The fourth-order valence-electron chi connectivity index (χ4n) is 2.47. The van der Waals surface area contributed by atoms with Crippen LogP contribution in [0.3, 0.4) is 0 Å². The van der Waals surface area contributed by atoms with Crippen LogP contribution in [-0.4, -0.2) is 39.7 Å². The highest BCUT2D eigenvalue weighted by Crippen LogP contribution is 2.26. The Morgan fingerprint density at radius 1 is 1.12 bits per heavy atom. The molecule has 0 aliphatic carbocycles. The average molecular weight is 370 g/mol. The van der Waals surface area contributed by atoms with Crippen LogP contribution in [0.4, 0.5) is 4.39 Å². The Morgan fingerprint density at radius 2 is 1.81 bits per heavy atom. The zero-order valence-electron chi connectivity index (χ0n) is 14.8. The lowest BCUT2D eigenvalue weighted by Gasteiger charge is -2.10. The summed E-state index contributed by atoms with van der Waals surface area (Å²) in [5.74, 6) is 0.838. The van der Waals surface area contributed by atoms with Gasteiger partial charge in [-0.15, -0.1) is 10.2 Å². The van der Waals surface area contributed by atoms with Crippen LogP contribution in [0.2, 0.25) is 0 Å². The lowest BCUT2D eigenvalue weighted by atomic mass is 10.1. The maximum atomic E-state index is 14.0. The van der Waals surface area contributed by atoms with Gasteiger partial charge in [-0.2, -0.15) is 0 Å². The van der Waals surface area contributed by atoms with Crippen LogP contribution in [0.15, 0.2) is 53.7 Å². The summed E-state index contributed by atoms with van der Waals surface area (Å²) in [6.45, 7) is 0. The standard InChI is InChI=1S/C19H19FN4OS/c1-23(2)18(25)14-10-8-13(9-11-14)12-26-19-22-21-17(24(19)3)15-6-4-5-7-16(15)20/h4-11H,12H2,1-3H3. The van der Waals surface area contributed by atoms with Crippen LogP contribution < -0.4 is 0 Å². The van der Waals surface area contributed by atoms with Gasteiger partial charge < -0.3 is 9.47 Å². The Labute approximate surface area is 155 Å². The lowest BCUT2D eigenvalue weighted by Crippen LogP contribution is -2.21. The van der Waals surface area contributed by atoms with Gasteiger partial charge in [0.1, 0.15) is 5.82 Å². The highest BCUT2D eigenvalue weighted by molar-refractivity contribution is 7.98. The van der Waals surface area contributed by atoms with E-state index in [-0.39, 0.29) is 11.7 Å². The Balaban J connectivity index is 1.71. The van der Waals surface area contributed by atoms with E-state index >= 15 is 0 Å². The first kappa shape index (κ1) is 18.1. The van der Waals surface area contributed by atoms with Crippen LogP contribution in [0.1, 0.15) is 15.9 Å². The summed E-state index contributed by atoms with van der Waals surface area (Å²) in [6, 6.07) is 14.0. The average Bonchev–Trinajstić information content (AvgIpc) is 3.00. The molecule has 0 bridgehead atoms. The van der Waals surface area contributed by atoms with Gasteiger partial charge in [0.25, 0.3) is 5.91 Å². The minimum atomic E-state index is -0.319. The van der Waals surface area contributed by atoms with Crippen LogP contribution in [0.25, 0.3) is 11.4 Å². The maximum absolute atomic E-state index is 14.0. The molecule has 0 atom stereocenters. The molecular weight excluding hydrogens is 351 g/mol. The number of hydrogen-bond acceptors (Lipinski definition) is 4. The Kier molecular flexibility index (Phi) is 5.37. The quantitative estimate of drug-likeness (QED) is 0.644. The first-order chi connectivity index (χ1) is 12.5. The molecule has 2 aromatic carbocycles. The summed E-state index contributed by atoms with van der Waals surface area (Å²) in [5.41, 5.74) is 2.16. The molecule has 0 N–H and O–H groups in total. The summed E-state index contributed by atoms with van der Waals surface area (Å²) in [4.78, 5) is 13.5. The number of rotatable bonds is 5. The Morgan fingerprint density at radius 3 is 2.46 bits per heavy atom. The van der Waals surface area contributed by atoms with Crippen LogP contribution in [-0.2, 0) is 12.8 Å². The normalized spacial score (nSPS) is 10.8. The number of amides is 1. The minimum Gasteiger partial charge on any atom is -0.345 e. The van der Waals surface area contributed by atoms with Crippen molar-refractivity contribution in [1.29, 1.82) is 0 Å². The number of nitrogens with zero attached hydrogens (tertiary/aromatic N) is 4. The van der Waals surface area contributed by atoms with Crippen LogP contribution in [0, 0.1) is 5.82 Å². The molecular formula is C19H19FN4OS. The summed E-state index contributed by atoms with van der Waals surface area (Å²) < 4.78 is 15.7. The van der Waals surface area contributed by atoms with Gasteiger partial charge in [-0.3, -0.25) is 4.79 Å². The van der Waals surface area contributed by atoms with Crippen molar-refractivity contribution < 1.29 is 9.18 Å². The molecule has 0 spiro atoms. The first-order valence-electron chi connectivity index (χ1n) is 8.05. The van der Waals surface area contributed by atoms with Crippen molar-refractivity contribution in [3.8, 4) is 11.4 Å². The van der Waals surface area contributed by atoms with Crippen molar-refractivity contribution in [3.63, 3.8) is 0 Å². The van der Waals surface area contributed by atoms with Crippen molar-refractivity contribution in [1.82, 2.24) is 19.7 Å². The van der Waals surface area contributed by atoms with E-state index in [9.17, 15) is 9.18 Å². The zero-order valence-corrected chi connectivity index (χ0v) is 15.6. The number of halogens is 1. The van der Waals surface area contributed by atoms with Crippen molar-refractivity contribution in [3.05, 3.63) is 65.5 Å².